The van der Waals surface area contributed by atoms with Gasteiger partial charge in [-0.1, -0.05) is 45.4 Å². The molecule has 2 nitrogen and oxygen atoms in total. The molecule has 0 spiro atoms. The molecule has 1 aliphatic rings. The van der Waals surface area contributed by atoms with E-state index >= 15 is 0 Å². The van der Waals surface area contributed by atoms with Crippen molar-refractivity contribution >= 4 is 5.97 Å². The molecule has 0 saturated heterocycles. The minimum absolute atomic E-state index is 0.0106. The summed E-state index contributed by atoms with van der Waals surface area (Å²) >= 11 is 0. The normalized spacial score (nSPS) is 21.1. The molecule has 2 rings (SSSR count). The molecule has 0 radical (unpaired) electrons. The lowest BCUT2D eigenvalue weighted by atomic mass is 9.80. The predicted octanol–water partition coefficient (Wildman–Crippen LogP) is 5.90. The minimum atomic E-state index is -0.316. The van der Waals surface area contributed by atoms with E-state index in [-0.39, 0.29) is 17.7 Å². The van der Waals surface area contributed by atoms with Crippen LogP contribution in [0.25, 0.3) is 0 Å². The summed E-state index contributed by atoms with van der Waals surface area (Å²) in [5.41, 5.74) is 0. The molecular formula is C20H29FO2. The van der Waals surface area contributed by atoms with Gasteiger partial charge in [0.2, 0.25) is 0 Å². The van der Waals surface area contributed by atoms with Crippen molar-refractivity contribution in [1.82, 2.24) is 0 Å². The minimum Gasteiger partial charge on any atom is -0.426 e. The smallest absolute Gasteiger partial charge is 0.314 e. The largest absolute Gasteiger partial charge is 0.426 e. The topological polar surface area (TPSA) is 26.3 Å². The molecule has 0 amide bonds. The van der Waals surface area contributed by atoms with E-state index in [1.54, 1.807) is 0 Å². The van der Waals surface area contributed by atoms with Gasteiger partial charge < -0.3 is 4.74 Å². The number of rotatable bonds is 8. The molecule has 0 aliphatic heterocycles. The summed E-state index contributed by atoms with van der Waals surface area (Å²) in [6.07, 6.45) is 12.1. The third-order valence-electron chi connectivity index (χ3n) is 4.93. The zero-order valence-electron chi connectivity index (χ0n) is 14.2. The Morgan fingerprint density at radius 3 is 2.35 bits per heavy atom. The number of esters is 1. The summed E-state index contributed by atoms with van der Waals surface area (Å²) in [6.45, 7) is 2.24. The van der Waals surface area contributed by atoms with Crippen LogP contribution in [0.3, 0.4) is 0 Å². The Morgan fingerprint density at radius 2 is 1.70 bits per heavy atom. The lowest BCUT2D eigenvalue weighted by Gasteiger charge is -2.27. The number of halogens is 1. The highest BCUT2D eigenvalue weighted by atomic mass is 19.1. The van der Waals surface area contributed by atoms with E-state index in [2.05, 4.69) is 6.92 Å². The van der Waals surface area contributed by atoms with Gasteiger partial charge in [0.05, 0.1) is 5.92 Å². The van der Waals surface area contributed by atoms with Crippen LogP contribution in [0.4, 0.5) is 4.39 Å². The van der Waals surface area contributed by atoms with Crippen LogP contribution in [-0.4, -0.2) is 5.97 Å². The van der Waals surface area contributed by atoms with E-state index in [9.17, 15) is 9.18 Å². The standard InChI is InChI=1S/C20H29FO2/c1-2-3-4-5-6-7-16-8-10-17(11-9-16)20(22)23-19-14-12-18(21)13-15-19/h12-17H,2-11H2,1H3/t16-,17-. The molecule has 1 aromatic carbocycles. The maximum atomic E-state index is 12.9. The van der Waals surface area contributed by atoms with Gasteiger partial charge in [-0.05, 0) is 55.9 Å². The first-order chi connectivity index (χ1) is 11.2. The molecule has 1 aliphatic carbocycles. The van der Waals surface area contributed by atoms with Gasteiger partial charge >= 0.3 is 5.97 Å². The van der Waals surface area contributed by atoms with Crippen LogP contribution >= 0.6 is 0 Å². The Hall–Kier alpha value is -1.38. The molecule has 23 heavy (non-hydrogen) atoms. The van der Waals surface area contributed by atoms with E-state index in [1.165, 1.54) is 62.8 Å². The summed E-state index contributed by atoms with van der Waals surface area (Å²) in [6, 6.07) is 5.65. The summed E-state index contributed by atoms with van der Waals surface area (Å²) in [7, 11) is 0. The zero-order chi connectivity index (χ0) is 16.5. The van der Waals surface area contributed by atoms with Crippen LogP contribution in [0.15, 0.2) is 24.3 Å². The van der Waals surface area contributed by atoms with Crippen molar-refractivity contribution < 1.29 is 13.9 Å². The summed E-state index contributed by atoms with van der Waals surface area (Å²) in [4.78, 5) is 12.2. The number of carbonyl (C=O) groups excluding carboxylic acids is 1. The maximum Gasteiger partial charge on any atom is 0.314 e. The molecular weight excluding hydrogens is 291 g/mol. The van der Waals surface area contributed by atoms with Crippen molar-refractivity contribution in [3.63, 3.8) is 0 Å². The van der Waals surface area contributed by atoms with Crippen molar-refractivity contribution in [3.8, 4) is 5.75 Å². The van der Waals surface area contributed by atoms with Crippen LogP contribution in [0.2, 0.25) is 0 Å². The summed E-state index contributed by atoms with van der Waals surface area (Å²) < 4.78 is 18.2. The molecule has 0 heterocycles. The first-order valence-electron chi connectivity index (χ1n) is 9.16. The van der Waals surface area contributed by atoms with Crippen molar-refractivity contribution in [2.45, 2.75) is 71.1 Å². The van der Waals surface area contributed by atoms with E-state index < -0.39 is 0 Å². The highest BCUT2D eigenvalue weighted by Gasteiger charge is 2.27. The average Bonchev–Trinajstić information content (AvgIpc) is 2.57. The molecule has 1 fully saturated rings. The number of ether oxygens (including phenoxy) is 1. The van der Waals surface area contributed by atoms with Gasteiger partial charge in [0, 0.05) is 0 Å². The molecule has 0 bridgehead atoms. The highest BCUT2D eigenvalue weighted by molar-refractivity contribution is 5.75. The molecule has 0 N–H and O–H groups in total. The fraction of sp³-hybridized carbons (Fsp3) is 0.650. The second-order valence-electron chi connectivity index (χ2n) is 6.80. The SMILES string of the molecule is CCCCCCC[C@H]1CC[C@H](C(=O)Oc2ccc(F)cc2)CC1. The molecule has 0 unspecified atom stereocenters. The number of unbranched alkanes of at least 4 members (excludes halogenated alkanes) is 4. The number of hydrogen-bond donors (Lipinski definition) is 0. The molecule has 3 heteroatoms. The Morgan fingerprint density at radius 1 is 1.04 bits per heavy atom. The van der Waals surface area contributed by atoms with Gasteiger partial charge in [0.25, 0.3) is 0 Å². The number of benzene rings is 1. The molecule has 1 saturated carbocycles. The molecule has 0 aromatic heterocycles. The Kier molecular flexibility index (Phi) is 7.57. The van der Waals surface area contributed by atoms with Crippen LogP contribution in [0.5, 0.6) is 5.75 Å². The van der Waals surface area contributed by atoms with E-state index in [4.69, 9.17) is 4.74 Å². The number of hydrogen-bond acceptors (Lipinski definition) is 2. The number of carbonyl (C=O) groups is 1. The maximum absolute atomic E-state index is 12.9. The van der Waals surface area contributed by atoms with Crippen molar-refractivity contribution in [1.29, 1.82) is 0 Å². The molecule has 1 aromatic rings. The van der Waals surface area contributed by atoms with E-state index in [1.807, 2.05) is 0 Å². The van der Waals surface area contributed by atoms with Gasteiger partial charge in [-0.3, -0.25) is 4.79 Å². The Balaban J connectivity index is 1.65. The van der Waals surface area contributed by atoms with Gasteiger partial charge in [-0.15, -0.1) is 0 Å². The van der Waals surface area contributed by atoms with Gasteiger partial charge in [0.15, 0.2) is 0 Å². The Bertz CT molecular complexity index is 461. The van der Waals surface area contributed by atoms with Gasteiger partial charge in [-0.2, -0.15) is 0 Å². The van der Waals surface area contributed by atoms with Crippen LogP contribution in [0.1, 0.15) is 71.1 Å². The quantitative estimate of drug-likeness (QED) is 0.339. The first-order valence-corrected chi connectivity index (χ1v) is 9.16. The Labute approximate surface area is 139 Å². The third-order valence-corrected chi connectivity index (χ3v) is 4.93. The fourth-order valence-electron chi connectivity index (χ4n) is 3.43. The lowest BCUT2D eigenvalue weighted by Crippen LogP contribution is -2.25. The monoisotopic (exact) mass is 320 g/mol. The summed E-state index contributed by atoms with van der Waals surface area (Å²) in [5, 5.41) is 0. The fourth-order valence-corrected chi connectivity index (χ4v) is 3.43. The lowest BCUT2D eigenvalue weighted by molar-refractivity contribution is -0.140. The molecule has 128 valence electrons. The third kappa shape index (κ3) is 6.32. The van der Waals surface area contributed by atoms with Crippen molar-refractivity contribution in [2.24, 2.45) is 11.8 Å². The zero-order valence-corrected chi connectivity index (χ0v) is 14.2. The van der Waals surface area contributed by atoms with E-state index in [0.717, 1.165) is 31.6 Å². The van der Waals surface area contributed by atoms with Crippen molar-refractivity contribution in [2.75, 3.05) is 0 Å². The van der Waals surface area contributed by atoms with E-state index in [0.29, 0.717) is 5.75 Å². The second kappa shape index (κ2) is 9.69. The second-order valence-corrected chi connectivity index (χ2v) is 6.80. The van der Waals surface area contributed by atoms with Crippen LogP contribution in [-0.2, 0) is 4.79 Å². The molecule has 0 atom stereocenters. The predicted molar refractivity (Wildman–Crippen MR) is 90.9 cm³/mol. The van der Waals surface area contributed by atoms with Crippen LogP contribution < -0.4 is 4.74 Å². The summed E-state index contributed by atoms with van der Waals surface area (Å²) in [5.74, 6) is 0.764. The van der Waals surface area contributed by atoms with Crippen molar-refractivity contribution in [3.05, 3.63) is 30.1 Å². The first kappa shape index (κ1) is 18.0. The van der Waals surface area contributed by atoms with Gasteiger partial charge in [-0.25, -0.2) is 4.39 Å². The van der Waals surface area contributed by atoms with Crippen LogP contribution in [0, 0.1) is 17.7 Å². The highest BCUT2D eigenvalue weighted by Crippen LogP contribution is 2.33. The van der Waals surface area contributed by atoms with Gasteiger partial charge in [0.1, 0.15) is 11.6 Å². The average molecular weight is 320 g/mol.